The van der Waals surface area contributed by atoms with Crippen molar-refractivity contribution in [1.82, 2.24) is 5.32 Å². The number of carbonyl (C=O) groups excluding carboxylic acids is 1. The fourth-order valence-electron chi connectivity index (χ4n) is 2.43. The summed E-state index contributed by atoms with van der Waals surface area (Å²) in [5.41, 5.74) is 2.85. The molecule has 0 aromatic heterocycles. The Balaban J connectivity index is 1.97. The lowest BCUT2D eigenvalue weighted by Gasteiger charge is -2.09. The molecule has 3 nitrogen and oxygen atoms in total. The molecular formula is C15H22N2O. The molecule has 1 aliphatic rings. The second-order valence-corrected chi connectivity index (χ2v) is 5.14. The number of amides is 1. The minimum absolute atomic E-state index is 0.0683. The first-order valence-electron chi connectivity index (χ1n) is 6.75. The molecule has 0 radical (unpaired) electrons. The van der Waals surface area contributed by atoms with Crippen molar-refractivity contribution >= 4 is 11.6 Å². The Kier molecular flexibility index (Phi) is 3.90. The Morgan fingerprint density at radius 2 is 2.22 bits per heavy atom. The van der Waals surface area contributed by atoms with Crippen molar-refractivity contribution in [3.05, 3.63) is 29.3 Å². The lowest BCUT2D eigenvalue weighted by atomic mass is 10.1. The molecule has 3 heteroatoms. The van der Waals surface area contributed by atoms with Crippen LogP contribution in [0.5, 0.6) is 0 Å². The van der Waals surface area contributed by atoms with Gasteiger partial charge in [-0.3, -0.25) is 4.79 Å². The number of carbonyl (C=O) groups is 1. The number of hydrogen-bond acceptors (Lipinski definition) is 2. The van der Waals surface area contributed by atoms with E-state index in [1.165, 1.54) is 12.8 Å². The van der Waals surface area contributed by atoms with Crippen molar-refractivity contribution in [1.29, 1.82) is 0 Å². The van der Waals surface area contributed by atoms with Gasteiger partial charge < -0.3 is 10.6 Å². The summed E-state index contributed by atoms with van der Waals surface area (Å²) in [5.74, 6) is 0.773. The predicted octanol–water partition coefficient (Wildman–Crippen LogP) is 2.96. The second-order valence-electron chi connectivity index (χ2n) is 5.14. The molecule has 1 saturated carbocycles. The van der Waals surface area contributed by atoms with Crippen LogP contribution in [0.4, 0.5) is 5.69 Å². The minimum atomic E-state index is 0.0683. The number of aryl methyl sites for hydroxylation is 1. The molecule has 1 amide bonds. The van der Waals surface area contributed by atoms with E-state index in [0.717, 1.165) is 23.2 Å². The van der Waals surface area contributed by atoms with Crippen LogP contribution in [0.1, 0.15) is 42.1 Å². The van der Waals surface area contributed by atoms with Crippen molar-refractivity contribution in [3.63, 3.8) is 0 Å². The highest BCUT2D eigenvalue weighted by Crippen LogP contribution is 2.34. The Bertz CT molecular complexity index is 442. The van der Waals surface area contributed by atoms with E-state index in [0.29, 0.717) is 12.0 Å². The van der Waals surface area contributed by atoms with Crippen LogP contribution in [-0.2, 0) is 0 Å². The fraction of sp³-hybridized carbons (Fsp3) is 0.533. The van der Waals surface area contributed by atoms with E-state index in [1.54, 1.807) is 0 Å². The lowest BCUT2D eigenvalue weighted by Crippen LogP contribution is -2.27. The second kappa shape index (κ2) is 5.42. The van der Waals surface area contributed by atoms with Crippen molar-refractivity contribution in [2.75, 3.05) is 12.4 Å². The zero-order valence-corrected chi connectivity index (χ0v) is 11.4. The van der Waals surface area contributed by atoms with E-state index in [9.17, 15) is 4.79 Å². The van der Waals surface area contributed by atoms with Gasteiger partial charge in [-0.2, -0.15) is 0 Å². The average molecular weight is 246 g/mol. The van der Waals surface area contributed by atoms with Gasteiger partial charge in [-0.1, -0.05) is 13.3 Å². The third-order valence-electron chi connectivity index (χ3n) is 3.66. The molecule has 0 saturated heterocycles. The minimum Gasteiger partial charge on any atom is -0.388 e. The smallest absolute Gasteiger partial charge is 0.251 e. The van der Waals surface area contributed by atoms with Crippen LogP contribution in [0.15, 0.2) is 18.2 Å². The summed E-state index contributed by atoms with van der Waals surface area (Å²) in [5, 5.41) is 6.20. The summed E-state index contributed by atoms with van der Waals surface area (Å²) in [4.78, 5) is 12.1. The van der Waals surface area contributed by atoms with Crippen LogP contribution in [0.3, 0.4) is 0 Å². The van der Waals surface area contributed by atoms with Gasteiger partial charge >= 0.3 is 0 Å². The monoisotopic (exact) mass is 246 g/mol. The number of anilines is 1. The quantitative estimate of drug-likeness (QED) is 0.838. The number of benzene rings is 1. The van der Waals surface area contributed by atoms with Gasteiger partial charge in [-0.05, 0) is 49.4 Å². The van der Waals surface area contributed by atoms with E-state index in [-0.39, 0.29) is 5.91 Å². The fourth-order valence-corrected chi connectivity index (χ4v) is 2.43. The van der Waals surface area contributed by atoms with Gasteiger partial charge in [-0.25, -0.2) is 0 Å². The van der Waals surface area contributed by atoms with Gasteiger partial charge in [0.25, 0.3) is 5.91 Å². The molecule has 0 aliphatic heterocycles. The molecule has 18 heavy (non-hydrogen) atoms. The van der Waals surface area contributed by atoms with Crippen LogP contribution in [0.25, 0.3) is 0 Å². The summed E-state index contributed by atoms with van der Waals surface area (Å²) in [6.45, 7) is 4.17. The summed E-state index contributed by atoms with van der Waals surface area (Å²) in [7, 11) is 1.88. The van der Waals surface area contributed by atoms with E-state index in [4.69, 9.17) is 0 Å². The van der Waals surface area contributed by atoms with Gasteiger partial charge in [-0.15, -0.1) is 0 Å². The molecule has 2 rings (SSSR count). The van der Waals surface area contributed by atoms with Gasteiger partial charge in [0, 0.05) is 24.3 Å². The average Bonchev–Trinajstić information content (AvgIpc) is 3.07. The summed E-state index contributed by atoms with van der Waals surface area (Å²) in [6, 6.07) is 6.25. The zero-order chi connectivity index (χ0) is 13.1. The van der Waals surface area contributed by atoms with E-state index >= 15 is 0 Å². The number of nitrogens with one attached hydrogen (secondary N) is 2. The zero-order valence-electron chi connectivity index (χ0n) is 11.4. The molecule has 1 fully saturated rings. The Morgan fingerprint density at radius 3 is 2.83 bits per heavy atom. The first-order chi connectivity index (χ1) is 8.65. The SMILES string of the molecule is CCCC1CC1NC(=O)c1ccc(NC)cc1C. The van der Waals surface area contributed by atoms with Crippen LogP contribution in [0.2, 0.25) is 0 Å². The van der Waals surface area contributed by atoms with E-state index in [1.807, 2.05) is 32.2 Å². The number of rotatable bonds is 5. The highest BCUT2D eigenvalue weighted by atomic mass is 16.1. The predicted molar refractivity (Wildman–Crippen MR) is 75.0 cm³/mol. The molecule has 1 aromatic rings. The molecule has 0 heterocycles. The van der Waals surface area contributed by atoms with E-state index in [2.05, 4.69) is 17.6 Å². The maximum absolute atomic E-state index is 12.1. The van der Waals surface area contributed by atoms with E-state index < -0.39 is 0 Å². The van der Waals surface area contributed by atoms with Crippen molar-refractivity contribution in [3.8, 4) is 0 Å². The molecule has 2 unspecified atom stereocenters. The topological polar surface area (TPSA) is 41.1 Å². The molecule has 2 N–H and O–H groups in total. The van der Waals surface area contributed by atoms with Gasteiger partial charge in [0.15, 0.2) is 0 Å². The van der Waals surface area contributed by atoms with Crippen LogP contribution < -0.4 is 10.6 Å². The molecule has 0 bridgehead atoms. The molecular weight excluding hydrogens is 224 g/mol. The summed E-state index contributed by atoms with van der Waals surface area (Å²) in [6.07, 6.45) is 3.57. The molecule has 1 aromatic carbocycles. The third kappa shape index (κ3) is 2.84. The maximum atomic E-state index is 12.1. The molecule has 2 atom stereocenters. The molecule has 98 valence electrons. The standard InChI is InChI=1S/C15H22N2O/c1-4-5-11-9-14(11)17-15(18)13-7-6-12(16-3)8-10(13)2/h6-8,11,14,16H,4-5,9H2,1-3H3,(H,17,18). The first-order valence-corrected chi connectivity index (χ1v) is 6.75. The normalized spacial score (nSPS) is 21.5. The highest BCUT2D eigenvalue weighted by molar-refractivity contribution is 5.96. The Hall–Kier alpha value is -1.51. The van der Waals surface area contributed by atoms with Gasteiger partial charge in [0.05, 0.1) is 0 Å². The summed E-state index contributed by atoms with van der Waals surface area (Å²) >= 11 is 0. The van der Waals surface area contributed by atoms with Gasteiger partial charge in [0.2, 0.25) is 0 Å². The molecule has 0 spiro atoms. The third-order valence-corrected chi connectivity index (χ3v) is 3.66. The first kappa shape index (κ1) is 12.9. The lowest BCUT2D eigenvalue weighted by molar-refractivity contribution is 0.0948. The molecule has 1 aliphatic carbocycles. The highest BCUT2D eigenvalue weighted by Gasteiger charge is 2.37. The van der Waals surface area contributed by atoms with Crippen LogP contribution in [0, 0.1) is 12.8 Å². The Labute approximate surface area is 109 Å². The van der Waals surface area contributed by atoms with Gasteiger partial charge in [0.1, 0.15) is 0 Å². The van der Waals surface area contributed by atoms with Crippen molar-refractivity contribution < 1.29 is 4.79 Å². The largest absolute Gasteiger partial charge is 0.388 e. The Morgan fingerprint density at radius 1 is 1.44 bits per heavy atom. The van der Waals surface area contributed by atoms with Crippen molar-refractivity contribution in [2.45, 2.75) is 39.2 Å². The maximum Gasteiger partial charge on any atom is 0.251 e. The van der Waals surface area contributed by atoms with Crippen LogP contribution >= 0.6 is 0 Å². The summed E-state index contributed by atoms with van der Waals surface area (Å²) < 4.78 is 0. The number of hydrogen-bond donors (Lipinski definition) is 2. The van der Waals surface area contributed by atoms with Crippen LogP contribution in [-0.4, -0.2) is 19.0 Å². The van der Waals surface area contributed by atoms with Crippen molar-refractivity contribution in [2.24, 2.45) is 5.92 Å².